The molecule has 4 rings (SSSR count). The van der Waals surface area contributed by atoms with Crippen LogP contribution in [-0.4, -0.2) is 52.5 Å². The van der Waals surface area contributed by atoms with Crippen molar-refractivity contribution in [3.63, 3.8) is 0 Å². The van der Waals surface area contributed by atoms with Gasteiger partial charge in [0.15, 0.2) is 0 Å². The van der Waals surface area contributed by atoms with E-state index in [9.17, 15) is 9.00 Å². The number of piperazine rings is 1. The van der Waals surface area contributed by atoms with Crippen LogP contribution in [0.4, 0.5) is 5.69 Å². The van der Waals surface area contributed by atoms with E-state index >= 15 is 0 Å². The maximum atomic E-state index is 13.6. The zero-order chi connectivity index (χ0) is 28.3. The minimum Gasteiger partial charge on any atom is -0.373 e. The van der Waals surface area contributed by atoms with E-state index in [0.29, 0.717) is 35.7 Å². The number of amides is 1. The number of hydrogen-bond donors (Lipinski definition) is 1. The number of rotatable bonds is 8. The summed E-state index contributed by atoms with van der Waals surface area (Å²) in [7, 11) is -1.22. The summed E-state index contributed by atoms with van der Waals surface area (Å²) in [5, 5.41) is 1.34. The molecule has 9 heteroatoms. The first-order valence-corrected chi connectivity index (χ1v) is 15.7. The van der Waals surface area contributed by atoms with Gasteiger partial charge in [0.1, 0.15) is 0 Å². The molecule has 0 radical (unpaired) electrons. The molecule has 1 amide bonds. The molecule has 6 nitrogen and oxygen atoms in total. The van der Waals surface area contributed by atoms with Gasteiger partial charge in [0.05, 0.1) is 27.8 Å². The number of hydrogen-bond acceptors (Lipinski definition) is 4. The summed E-state index contributed by atoms with van der Waals surface area (Å²) in [6.07, 6.45) is 1.32. The lowest BCUT2D eigenvalue weighted by Crippen LogP contribution is -2.51. The molecule has 214 valence electrons. The second kappa shape index (κ2) is 12.9. The van der Waals surface area contributed by atoms with Crippen molar-refractivity contribution in [2.45, 2.75) is 64.4 Å². The number of ether oxygens (including phenoxy) is 1. The van der Waals surface area contributed by atoms with Gasteiger partial charge >= 0.3 is 0 Å². The zero-order valence-electron chi connectivity index (χ0n) is 23.6. The fourth-order valence-electron chi connectivity index (χ4n) is 5.33. The van der Waals surface area contributed by atoms with Gasteiger partial charge in [-0.15, -0.1) is 0 Å². The van der Waals surface area contributed by atoms with E-state index in [4.69, 9.17) is 27.9 Å². The first kappa shape index (κ1) is 30.3. The molecule has 2 fully saturated rings. The van der Waals surface area contributed by atoms with Crippen molar-refractivity contribution in [1.29, 1.82) is 0 Å². The first-order chi connectivity index (χ1) is 18.4. The molecule has 1 unspecified atom stereocenters. The van der Waals surface area contributed by atoms with Crippen LogP contribution in [0, 0.1) is 11.8 Å². The molecule has 0 bridgehead atoms. The maximum absolute atomic E-state index is 13.6. The molecular weight excluding hydrogens is 553 g/mol. The number of nitrogens with one attached hydrogen (secondary N) is 1. The highest BCUT2D eigenvalue weighted by Gasteiger charge is 2.38. The lowest BCUT2D eigenvalue weighted by atomic mass is 9.93. The van der Waals surface area contributed by atoms with Gasteiger partial charge < -0.3 is 14.5 Å². The monoisotopic (exact) mass is 593 g/mol. The number of benzene rings is 2. The second-order valence-electron chi connectivity index (χ2n) is 11.9. The highest BCUT2D eigenvalue weighted by Crippen LogP contribution is 2.38. The number of halogens is 2. The van der Waals surface area contributed by atoms with Crippen LogP contribution in [0.2, 0.25) is 10.0 Å². The fraction of sp³-hybridized carbons (Fsp3) is 0.567. The van der Waals surface area contributed by atoms with Gasteiger partial charge in [-0.25, -0.2) is 8.93 Å². The average molecular weight is 595 g/mol. The van der Waals surface area contributed by atoms with Crippen molar-refractivity contribution in [2.24, 2.45) is 11.8 Å². The summed E-state index contributed by atoms with van der Waals surface area (Å²) >= 11 is 12.5. The summed E-state index contributed by atoms with van der Waals surface area (Å²) in [4.78, 5) is 17.9. The minimum atomic E-state index is -1.22. The predicted octanol–water partition coefficient (Wildman–Crippen LogP) is 6.56. The number of anilines is 1. The summed E-state index contributed by atoms with van der Waals surface area (Å²) < 4.78 is 22.1. The van der Waals surface area contributed by atoms with Gasteiger partial charge in [0.25, 0.3) is 0 Å². The van der Waals surface area contributed by atoms with E-state index in [1.807, 2.05) is 62.1 Å². The van der Waals surface area contributed by atoms with Crippen LogP contribution in [0.1, 0.15) is 70.7 Å². The van der Waals surface area contributed by atoms with Gasteiger partial charge in [-0.2, -0.15) is 0 Å². The Kier molecular flexibility index (Phi) is 10.0. The Morgan fingerprint density at radius 3 is 2.31 bits per heavy atom. The van der Waals surface area contributed by atoms with Crippen LogP contribution in [0.5, 0.6) is 0 Å². The van der Waals surface area contributed by atoms with Crippen LogP contribution in [0.25, 0.3) is 0 Å². The Morgan fingerprint density at radius 2 is 1.69 bits per heavy atom. The number of carbonyl (C=O) groups is 1. The van der Waals surface area contributed by atoms with E-state index in [0.717, 1.165) is 42.7 Å². The third kappa shape index (κ3) is 7.56. The van der Waals surface area contributed by atoms with Crippen molar-refractivity contribution in [2.75, 3.05) is 37.7 Å². The zero-order valence-corrected chi connectivity index (χ0v) is 25.9. The van der Waals surface area contributed by atoms with E-state index < -0.39 is 11.0 Å². The SMILES string of the molecule is CC(C)C[C@H](NS(=O)C(C)(C)C)c1cc(Cl)ccc1N1CCN(C(=O)[C@@H]2CCO[C@H]2c2ccc(Cl)cc2)CC1. The third-order valence-electron chi connectivity index (χ3n) is 7.42. The number of nitrogens with zero attached hydrogens (tertiary/aromatic N) is 2. The molecule has 2 aromatic carbocycles. The van der Waals surface area contributed by atoms with Crippen molar-refractivity contribution >= 4 is 45.8 Å². The quantitative estimate of drug-likeness (QED) is 0.376. The van der Waals surface area contributed by atoms with Crippen molar-refractivity contribution in [3.8, 4) is 0 Å². The lowest BCUT2D eigenvalue weighted by Gasteiger charge is -2.39. The van der Waals surface area contributed by atoms with Gasteiger partial charge in [0, 0.05) is 54.6 Å². The van der Waals surface area contributed by atoms with E-state index in [1.54, 1.807) is 0 Å². The fourth-order valence-corrected chi connectivity index (χ4v) is 6.48. The lowest BCUT2D eigenvalue weighted by molar-refractivity contribution is -0.137. The largest absolute Gasteiger partial charge is 0.373 e. The summed E-state index contributed by atoms with van der Waals surface area (Å²) in [5.41, 5.74) is 3.13. The molecule has 39 heavy (non-hydrogen) atoms. The highest BCUT2D eigenvalue weighted by molar-refractivity contribution is 7.84. The van der Waals surface area contributed by atoms with Gasteiger partial charge in [-0.3, -0.25) is 4.79 Å². The average Bonchev–Trinajstić information content (AvgIpc) is 3.37. The minimum absolute atomic E-state index is 0.103. The summed E-state index contributed by atoms with van der Waals surface area (Å²) in [6.45, 7) is 13.6. The summed E-state index contributed by atoms with van der Waals surface area (Å²) in [5.74, 6) is 0.377. The van der Waals surface area contributed by atoms with E-state index in [1.165, 1.54) is 0 Å². The molecule has 2 heterocycles. The Bertz CT molecular complexity index is 1160. The molecule has 2 aliphatic rings. The van der Waals surface area contributed by atoms with Crippen LogP contribution in [-0.2, 0) is 20.5 Å². The summed E-state index contributed by atoms with van der Waals surface area (Å²) in [6, 6.07) is 13.5. The van der Waals surface area contributed by atoms with Crippen molar-refractivity contribution in [1.82, 2.24) is 9.62 Å². The Hall–Kier alpha value is -1.64. The van der Waals surface area contributed by atoms with Gasteiger partial charge in [0.2, 0.25) is 5.91 Å². The molecule has 0 saturated carbocycles. The van der Waals surface area contributed by atoms with Crippen LogP contribution in [0.15, 0.2) is 42.5 Å². The normalized spacial score (nSPS) is 21.8. The molecular formula is C30H41Cl2N3O3S. The topological polar surface area (TPSA) is 61.9 Å². The molecule has 0 spiro atoms. The molecule has 2 aromatic rings. The predicted molar refractivity (Wildman–Crippen MR) is 162 cm³/mol. The van der Waals surface area contributed by atoms with Crippen LogP contribution >= 0.6 is 23.2 Å². The Balaban J connectivity index is 1.48. The first-order valence-electron chi connectivity index (χ1n) is 13.8. The van der Waals surface area contributed by atoms with Crippen molar-refractivity contribution < 1.29 is 13.7 Å². The van der Waals surface area contributed by atoms with E-state index in [-0.39, 0.29) is 28.7 Å². The van der Waals surface area contributed by atoms with E-state index in [2.05, 4.69) is 29.5 Å². The molecule has 1 N–H and O–H groups in total. The third-order valence-corrected chi connectivity index (χ3v) is 9.52. The maximum Gasteiger partial charge on any atom is 0.228 e. The van der Waals surface area contributed by atoms with Gasteiger partial charge in [-0.1, -0.05) is 49.2 Å². The standard InChI is InChI=1S/C30H41Cl2N3O3S/c1-20(2)18-26(33-39(37)30(3,4)5)25-19-23(32)10-11-27(25)34-13-15-35(16-14-34)29(36)24-12-17-38-28(24)21-6-8-22(31)9-7-21/h6-11,19-20,24,26,28,33H,12-18H2,1-5H3/t24-,26+,28+,39?/m1/s1. The molecule has 2 aliphatic heterocycles. The van der Waals surface area contributed by atoms with Crippen LogP contribution < -0.4 is 9.62 Å². The molecule has 0 aromatic heterocycles. The Labute approximate surface area is 246 Å². The highest BCUT2D eigenvalue weighted by atomic mass is 35.5. The smallest absolute Gasteiger partial charge is 0.228 e. The Morgan fingerprint density at radius 1 is 1.05 bits per heavy atom. The number of carbonyl (C=O) groups excluding carboxylic acids is 1. The molecule has 2 saturated heterocycles. The second-order valence-corrected chi connectivity index (χ2v) is 14.8. The van der Waals surface area contributed by atoms with Gasteiger partial charge in [-0.05, 0) is 81.0 Å². The molecule has 0 aliphatic carbocycles. The van der Waals surface area contributed by atoms with Crippen molar-refractivity contribution in [3.05, 3.63) is 63.6 Å². The van der Waals surface area contributed by atoms with Crippen LogP contribution in [0.3, 0.4) is 0 Å². The molecule has 4 atom stereocenters.